The zero-order valence-corrected chi connectivity index (χ0v) is 20.6. The number of rotatable bonds is 12. The van der Waals surface area contributed by atoms with Gasteiger partial charge < -0.3 is 24.6 Å². The quantitative estimate of drug-likeness (QED) is 0.517. The molecule has 1 aromatic heterocycles. The summed E-state index contributed by atoms with van der Waals surface area (Å²) in [6, 6.07) is 7.67. The van der Waals surface area contributed by atoms with Gasteiger partial charge in [0.25, 0.3) is 0 Å². The lowest BCUT2D eigenvalue weighted by Crippen LogP contribution is -2.47. The predicted molar refractivity (Wildman–Crippen MR) is 129 cm³/mol. The number of urea groups is 1. The maximum Gasteiger partial charge on any atom is 0.317 e. The number of methoxy groups -OCH3 is 2. The Balaban J connectivity index is 2.17. The molecule has 0 fully saturated rings. The van der Waals surface area contributed by atoms with Crippen molar-refractivity contribution in [2.75, 3.05) is 40.4 Å². The molecule has 0 radical (unpaired) electrons. The second kappa shape index (κ2) is 13.0. The van der Waals surface area contributed by atoms with Gasteiger partial charge in [0.1, 0.15) is 6.54 Å². The van der Waals surface area contributed by atoms with Gasteiger partial charge in [-0.3, -0.25) is 4.79 Å². The van der Waals surface area contributed by atoms with E-state index >= 15 is 0 Å². The number of benzene rings is 1. The first-order chi connectivity index (χ1) is 15.4. The van der Waals surface area contributed by atoms with Crippen molar-refractivity contribution in [2.24, 2.45) is 0 Å². The van der Waals surface area contributed by atoms with Crippen LogP contribution < -0.4 is 14.8 Å². The molecular formula is C24H35N3O4S. The predicted octanol–water partition coefficient (Wildman–Crippen LogP) is 4.09. The Morgan fingerprint density at radius 1 is 1.03 bits per heavy atom. The van der Waals surface area contributed by atoms with Crippen LogP contribution in [0.1, 0.15) is 36.3 Å². The molecule has 0 bridgehead atoms. The molecule has 0 aliphatic carbocycles. The molecule has 2 rings (SSSR count). The third kappa shape index (κ3) is 7.15. The van der Waals surface area contributed by atoms with Crippen molar-refractivity contribution in [1.29, 1.82) is 0 Å². The number of hydrogen-bond donors (Lipinski definition) is 1. The fourth-order valence-electron chi connectivity index (χ4n) is 3.38. The average Bonchev–Trinajstić information content (AvgIpc) is 3.20. The number of thiophene rings is 1. The van der Waals surface area contributed by atoms with Gasteiger partial charge in [0.15, 0.2) is 11.5 Å². The maximum absolute atomic E-state index is 13.3. The fraction of sp³-hybridized carbons (Fsp3) is 0.500. The summed E-state index contributed by atoms with van der Waals surface area (Å²) in [4.78, 5) is 30.3. The molecule has 0 aliphatic rings. The lowest BCUT2D eigenvalue weighted by molar-refractivity contribution is -0.132. The van der Waals surface area contributed by atoms with Crippen molar-refractivity contribution in [3.63, 3.8) is 0 Å². The average molecular weight is 462 g/mol. The SMILES string of the molecule is CCCN(CC(=O)N(CCc1ccc(OC)c(OC)c1)Cc1sccc1C)C(=O)NCC. The molecule has 32 heavy (non-hydrogen) atoms. The standard InChI is InChI=1S/C24H35N3O4S/c1-6-12-27(24(29)25-7-2)17-23(28)26(16-22-18(3)11-14-32-22)13-10-19-8-9-20(30-4)21(15-19)31-5/h8-9,11,14-15H,6-7,10,12-13,16-17H2,1-5H3,(H,25,29). The van der Waals surface area contributed by atoms with Crippen molar-refractivity contribution in [3.05, 3.63) is 45.6 Å². The summed E-state index contributed by atoms with van der Waals surface area (Å²) in [5, 5.41) is 4.84. The minimum Gasteiger partial charge on any atom is -0.493 e. The summed E-state index contributed by atoms with van der Waals surface area (Å²) in [5.41, 5.74) is 2.23. The van der Waals surface area contributed by atoms with Crippen LogP contribution in [0.3, 0.4) is 0 Å². The summed E-state index contributed by atoms with van der Waals surface area (Å²) in [6.07, 6.45) is 1.46. The van der Waals surface area contributed by atoms with Gasteiger partial charge in [-0.1, -0.05) is 13.0 Å². The molecule has 176 valence electrons. The third-order valence-corrected chi connectivity index (χ3v) is 6.22. The Bertz CT molecular complexity index is 884. The second-order valence-electron chi connectivity index (χ2n) is 7.54. The van der Waals surface area contributed by atoms with Crippen LogP contribution in [0.25, 0.3) is 0 Å². The molecule has 0 atom stereocenters. The molecule has 0 aliphatic heterocycles. The van der Waals surface area contributed by atoms with Crippen LogP contribution in [0.15, 0.2) is 29.6 Å². The molecule has 7 nitrogen and oxygen atoms in total. The van der Waals surface area contributed by atoms with Crippen LogP contribution in [0.4, 0.5) is 4.79 Å². The summed E-state index contributed by atoms with van der Waals surface area (Å²) in [6.45, 7) is 8.14. The normalized spacial score (nSPS) is 10.5. The van der Waals surface area contributed by atoms with E-state index in [1.165, 1.54) is 5.56 Å². The van der Waals surface area contributed by atoms with Crippen molar-refractivity contribution in [2.45, 2.75) is 40.2 Å². The van der Waals surface area contributed by atoms with Crippen LogP contribution in [-0.2, 0) is 17.8 Å². The molecular weight excluding hydrogens is 426 g/mol. The molecule has 0 saturated carbocycles. The number of amides is 3. The number of carbonyl (C=O) groups is 2. The molecule has 1 heterocycles. The highest BCUT2D eigenvalue weighted by atomic mass is 32.1. The van der Waals surface area contributed by atoms with Crippen molar-refractivity contribution in [3.8, 4) is 11.5 Å². The molecule has 0 unspecified atom stereocenters. The molecule has 2 aromatic rings. The number of aryl methyl sites for hydroxylation is 1. The van der Waals surface area contributed by atoms with E-state index in [1.807, 2.05) is 42.3 Å². The fourth-order valence-corrected chi connectivity index (χ4v) is 4.30. The molecule has 0 spiro atoms. The van der Waals surface area contributed by atoms with Crippen molar-refractivity contribution in [1.82, 2.24) is 15.1 Å². The molecule has 0 saturated heterocycles. The van der Waals surface area contributed by atoms with Gasteiger partial charge in [0.05, 0.1) is 20.8 Å². The van der Waals surface area contributed by atoms with E-state index in [2.05, 4.69) is 18.3 Å². The summed E-state index contributed by atoms with van der Waals surface area (Å²) < 4.78 is 10.7. The Hall–Kier alpha value is -2.74. The number of nitrogens with one attached hydrogen (secondary N) is 1. The first-order valence-corrected chi connectivity index (χ1v) is 11.9. The van der Waals surface area contributed by atoms with Gasteiger partial charge in [0, 0.05) is 24.5 Å². The Morgan fingerprint density at radius 3 is 2.38 bits per heavy atom. The van der Waals surface area contributed by atoms with Gasteiger partial charge in [-0.15, -0.1) is 11.3 Å². The van der Waals surface area contributed by atoms with Gasteiger partial charge in [-0.05, 0) is 61.4 Å². The van der Waals surface area contributed by atoms with E-state index in [9.17, 15) is 9.59 Å². The monoisotopic (exact) mass is 461 g/mol. The number of carbonyl (C=O) groups excluding carboxylic acids is 2. The van der Waals surface area contributed by atoms with Crippen LogP contribution in [0.5, 0.6) is 11.5 Å². The Labute approximate surface area is 195 Å². The highest BCUT2D eigenvalue weighted by Crippen LogP contribution is 2.28. The molecule has 8 heteroatoms. The lowest BCUT2D eigenvalue weighted by atomic mass is 10.1. The van der Waals surface area contributed by atoms with Gasteiger partial charge in [0.2, 0.25) is 5.91 Å². The Kier molecular flexibility index (Phi) is 10.3. The summed E-state index contributed by atoms with van der Waals surface area (Å²) in [5.74, 6) is 1.29. The van der Waals surface area contributed by atoms with E-state index in [-0.39, 0.29) is 18.5 Å². The first-order valence-electron chi connectivity index (χ1n) is 11.0. The first kappa shape index (κ1) is 25.5. The lowest BCUT2D eigenvalue weighted by Gasteiger charge is -2.27. The second-order valence-corrected chi connectivity index (χ2v) is 8.54. The summed E-state index contributed by atoms with van der Waals surface area (Å²) >= 11 is 1.65. The van der Waals surface area contributed by atoms with Crippen LogP contribution >= 0.6 is 11.3 Å². The van der Waals surface area contributed by atoms with Crippen molar-refractivity contribution >= 4 is 23.3 Å². The smallest absolute Gasteiger partial charge is 0.317 e. The third-order valence-electron chi connectivity index (χ3n) is 5.21. The topological polar surface area (TPSA) is 71.1 Å². The minimum atomic E-state index is -0.199. The van der Waals surface area contributed by atoms with E-state index in [0.29, 0.717) is 44.1 Å². The molecule has 1 N–H and O–H groups in total. The van der Waals surface area contributed by atoms with E-state index < -0.39 is 0 Å². The van der Waals surface area contributed by atoms with Crippen LogP contribution in [-0.4, -0.2) is 62.1 Å². The minimum absolute atomic E-state index is 0.0574. The Morgan fingerprint density at radius 2 is 1.78 bits per heavy atom. The molecule has 3 amide bonds. The van der Waals surface area contributed by atoms with Gasteiger partial charge >= 0.3 is 6.03 Å². The van der Waals surface area contributed by atoms with Gasteiger partial charge in [-0.25, -0.2) is 4.79 Å². The highest BCUT2D eigenvalue weighted by molar-refractivity contribution is 7.10. The van der Waals surface area contributed by atoms with Gasteiger partial charge in [-0.2, -0.15) is 0 Å². The number of ether oxygens (including phenoxy) is 2. The largest absolute Gasteiger partial charge is 0.493 e. The molecule has 1 aromatic carbocycles. The number of nitrogens with zero attached hydrogens (tertiary/aromatic N) is 2. The van der Waals surface area contributed by atoms with E-state index in [4.69, 9.17) is 9.47 Å². The summed E-state index contributed by atoms with van der Waals surface area (Å²) in [7, 11) is 3.22. The zero-order valence-electron chi connectivity index (χ0n) is 19.8. The van der Waals surface area contributed by atoms with Crippen LogP contribution in [0, 0.1) is 6.92 Å². The van der Waals surface area contributed by atoms with Crippen molar-refractivity contribution < 1.29 is 19.1 Å². The maximum atomic E-state index is 13.3. The van der Waals surface area contributed by atoms with E-state index in [0.717, 1.165) is 16.9 Å². The number of hydrogen-bond acceptors (Lipinski definition) is 5. The van der Waals surface area contributed by atoms with E-state index in [1.54, 1.807) is 30.5 Å². The highest BCUT2D eigenvalue weighted by Gasteiger charge is 2.21. The zero-order chi connectivity index (χ0) is 23.5. The van der Waals surface area contributed by atoms with Crippen LogP contribution in [0.2, 0.25) is 0 Å².